The molecule has 0 aliphatic heterocycles. The van der Waals surface area contributed by atoms with Crippen LogP contribution < -0.4 is 16.0 Å². The molecular formula is C27H36F3N7O2. The number of fused-ring (bicyclic) bond motifs is 1. The molecule has 4 rings (SSSR count). The van der Waals surface area contributed by atoms with Crippen LogP contribution in [0.3, 0.4) is 0 Å². The van der Waals surface area contributed by atoms with Crippen LogP contribution in [0.1, 0.15) is 78.8 Å². The third-order valence-corrected chi connectivity index (χ3v) is 6.15. The Hall–Kier alpha value is -3.57. The van der Waals surface area contributed by atoms with Gasteiger partial charge in [0.25, 0.3) is 0 Å². The van der Waals surface area contributed by atoms with Crippen LogP contribution in [-0.2, 0) is 10.9 Å². The van der Waals surface area contributed by atoms with E-state index in [9.17, 15) is 18.0 Å². The monoisotopic (exact) mass is 547 g/mol. The van der Waals surface area contributed by atoms with Crippen molar-refractivity contribution in [2.75, 3.05) is 10.6 Å². The molecule has 3 aromatic rings. The lowest BCUT2D eigenvalue weighted by molar-refractivity contribution is -0.137. The highest BCUT2D eigenvalue weighted by Crippen LogP contribution is 2.36. The van der Waals surface area contributed by atoms with Gasteiger partial charge in [0, 0.05) is 23.3 Å². The van der Waals surface area contributed by atoms with E-state index in [1.165, 1.54) is 6.07 Å². The smallest absolute Gasteiger partial charge is 0.416 e. The molecule has 2 aromatic heterocycles. The van der Waals surface area contributed by atoms with Gasteiger partial charge in [-0.05, 0) is 85.4 Å². The molecule has 1 aliphatic carbocycles. The van der Waals surface area contributed by atoms with E-state index in [2.05, 4.69) is 25.9 Å². The Morgan fingerprint density at radius 3 is 2.33 bits per heavy atom. The molecule has 0 saturated heterocycles. The third-order valence-electron chi connectivity index (χ3n) is 6.15. The number of hydrogen-bond acceptors (Lipinski definition) is 7. The molecule has 0 bridgehead atoms. The summed E-state index contributed by atoms with van der Waals surface area (Å²) < 4.78 is 47.3. The Labute approximate surface area is 226 Å². The molecule has 1 fully saturated rings. The minimum atomic E-state index is -4.46. The number of alkyl carbamates (subject to hydrolysis) is 1. The van der Waals surface area contributed by atoms with Crippen LogP contribution >= 0.6 is 0 Å². The number of carbonyl (C=O) groups excluding carboxylic acids is 1. The molecule has 2 heterocycles. The number of ether oxygens (including phenoxy) is 1. The lowest BCUT2D eigenvalue weighted by Gasteiger charge is -2.31. The van der Waals surface area contributed by atoms with Gasteiger partial charge in [-0.25, -0.2) is 14.8 Å². The van der Waals surface area contributed by atoms with E-state index in [-0.39, 0.29) is 23.3 Å². The van der Waals surface area contributed by atoms with Crippen LogP contribution in [0.2, 0.25) is 0 Å². The number of nitrogens with one attached hydrogen (secondary N) is 3. The maximum absolute atomic E-state index is 13.3. The average Bonchev–Trinajstić information content (AvgIpc) is 3.14. The first-order chi connectivity index (χ1) is 18.1. The van der Waals surface area contributed by atoms with Crippen molar-refractivity contribution in [2.24, 2.45) is 0 Å². The van der Waals surface area contributed by atoms with E-state index in [1.54, 1.807) is 12.3 Å². The maximum atomic E-state index is 13.3. The van der Waals surface area contributed by atoms with Crippen LogP contribution in [0.4, 0.5) is 35.5 Å². The second-order valence-corrected chi connectivity index (χ2v) is 11.9. The van der Waals surface area contributed by atoms with Gasteiger partial charge in [0.2, 0.25) is 11.9 Å². The lowest BCUT2D eigenvalue weighted by atomic mass is 9.91. The number of halogens is 3. The summed E-state index contributed by atoms with van der Waals surface area (Å²) in [6.45, 7) is 11.4. The number of amides is 1. The van der Waals surface area contributed by atoms with Crippen LogP contribution in [0, 0.1) is 0 Å². The fraction of sp³-hybridized carbons (Fsp3) is 0.556. The van der Waals surface area contributed by atoms with E-state index in [1.807, 2.05) is 46.1 Å². The molecule has 0 spiro atoms. The Balaban J connectivity index is 1.63. The second kappa shape index (κ2) is 10.5. The molecule has 1 aromatic carbocycles. The molecular weight excluding hydrogens is 511 g/mol. The fourth-order valence-corrected chi connectivity index (χ4v) is 4.58. The number of nitrogens with zero attached hydrogens (tertiary/aromatic N) is 4. The van der Waals surface area contributed by atoms with Gasteiger partial charge in [0.15, 0.2) is 5.65 Å². The molecule has 1 amide bonds. The highest BCUT2D eigenvalue weighted by molar-refractivity contribution is 5.77. The zero-order valence-corrected chi connectivity index (χ0v) is 23.1. The Bertz CT molecular complexity index is 1320. The van der Waals surface area contributed by atoms with Crippen molar-refractivity contribution < 1.29 is 22.7 Å². The molecule has 1 saturated carbocycles. The summed E-state index contributed by atoms with van der Waals surface area (Å²) in [5, 5.41) is 9.29. The standard InChI is InChI=1S/C27H36F3N7O2/c1-25(2,3)36-22-31-15-20-21(35-22)37(19-12-10-17(11-13-19)33-24(38)39-26(4,5)6)23(34-20)32-18-9-7-8-16(14-18)27(28,29)30/h7-9,14-15,17,19H,10-13H2,1-6H3,(H,32,34)(H,33,38)(H,31,35,36). The summed E-state index contributed by atoms with van der Waals surface area (Å²) in [4.78, 5) is 26.0. The predicted octanol–water partition coefficient (Wildman–Crippen LogP) is 6.81. The highest BCUT2D eigenvalue weighted by Gasteiger charge is 2.31. The van der Waals surface area contributed by atoms with Gasteiger partial charge in [-0.3, -0.25) is 4.57 Å². The van der Waals surface area contributed by atoms with E-state index >= 15 is 0 Å². The molecule has 0 radical (unpaired) electrons. The molecule has 0 atom stereocenters. The number of alkyl halides is 3. The molecule has 12 heteroatoms. The molecule has 39 heavy (non-hydrogen) atoms. The van der Waals surface area contributed by atoms with Gasteiger partial charge in [-0.2, -0.15) is 18.2 Å². The normalized spacial score (nSPS) is 18.6. The van der Waals surface area contributed by atoms with Crippen molar-refractivity contribution in [3.63, 3.8) is 0 Å². The summed E-state index contributed by atoms with van der Waals surface area (Å²) in [5.41, 5.74) is -0.238. The first-order valence-corrected chi connectivity index (χ1v) is 13.0. The second-order valence-electron chi connectivity index (χ2n) is 11.9. The third kappa shape index (κ3) is 7.51. The van der Waals surface area contributed by atoms with E-state index in [4.69, 9.17) is 9.72 Å². The van der Waals surface area contributed by atoms with E-state index < -0.39 is 23.4 Å². The first-order valence-electron chi connectivity index (χ1n) is 13.0. The minimum Gasteiger partial charge on any atom is -0.444 e. The Kier molecular flexibility index (Phi) is 7.68. The van der Waals surface area contributed by atoms with Crippen LogP contribution in [0.25, 0.3) is 11.2 Å². The summed E-state index contributed by atoms with van der Waals surface area (Å²) in [6, 6.07) is 4.93. The fourth-order valence-electron chi connectivity index (χ4n) is 4.58. The summed E-state index contributed by atoms with van der Waals surface area (Å²) in [7, 11) is 0. The van der Waals surface area contributed by atoms with E-state index in [0.29, 0.717) is 48.7 Å². The first kappa shape index (κ1) is 28.4. The topological polar surface area (TPSA) is 106 Å². The molecule has 9 nitrogen and oxygen atoms in total. The van der Waals surface area contributed by atoms with Crippen LogP contribution in [0.15, 0.2) is 30.5 Å². The SMILES string of the molecule is CC(C)(C)Nc1ncc2nc(Nc3cccc(C(F)(F)F)c3)n(C3CCC(NC(=O)OC(C)(C)C)CC3)c2n1. The van der Waals surface area contributed by atoms with Crippen molar-refractivity contribution >= 4 is 34.8 Å². The van der Waals surface area contributed by atoms with Crippen LogP contribution in [-0.4, -0.2) is 42.8 Å². The van der Waals surface area contributed by atoms with Gasteiger partial charge < -0.3 is 20.7 Å². The number of rotatable bonds is 5. The maximum Gasteiger partial charge on any atom is 0.416 e. The lowest BCUT2D eigenvalue weighted by Crippen LogP contribution is -2.41. The number of hydrogen-bond donors (Lipinski definition) is 3. The van der Waals surface area contributed by atoms with Crippen molar-refractivity contribution in [3.05, 3.63) is 36.0 Å². The Morgan fingerprint density at radius 1 is 1.03 bits per heavy atom. The largest absolute Gasteiger partial charge is 0.444 e. The number of aromatic nitrogens is 4. The van der Waals surface area contributed by atoms with Gasteiger partial charge in [0.05, 0.1) is 11.8 Å². The van der Waals surface area contributed by atoms with Crippen LogP contribution in [0.5, 0.6) is 0 Å². The van der Waals surface area contributed by atoms with Gasteiger partial charge >= 0.3 is 12.3 Å². The van der Waals surface area contributed by atoms with Gasteiger partial charge in [-0.15, -0.1) is 0 Å². The van der Waals surface area contributed by atoms with Crippen molar-refractivity contribution in [3.8, 4) is 0 Å². The number of carbonyl (C=O) groups is 1. The summed E-state index contributed by atoms with van der Waals surface area (Å²) in [6.07, 6.45) is -0.493. The van der Waals surface area contributed by atoms with Crippen molar-refractivity contribution in [2.45, 2.75) is 96.6 Å². The van der Waals surface area contributed by atoms with Gasteiger partial charge in [0.1, 0.15) is 11.1 Å². The average molecular weight is 548 g/mol. The van der Waals surface area contributed by atoms with Crippen molar-refractivity contribution in [1.82, 2.24) is 24.8 Å². The Morgan fingerprint density at radius 2 is 1.72 bits per heavy atom. The zero-order valence-electron chi connectivity index (χ0n) is 23.1. The molecule has 0 unspecified atom stereocenters. The van der Waals surface area contributed by atoms with Crippen molar-refractivity contribution in [1.29, 1.82) is 0 Å². The molecule has 212 valence electrons. The number of anilines is 3. The van der Waals surface area contributed by atoms with Gasteiger partial charge in [-0.1, -0.05) is 6.07 Å². The number of imidazole rings is 1. The number of benzene rings is 1. The van der Waals surface area contributed by atoms with E-state index in [0.717, 1.165) is 12.1 Å². The zero-order chi connectivity index (χ0) is 28.6. The highest BCUT2D eigenvalue weighted by atomic mass is 19.4. The predicted molar refractivity (Wildman–Crippen MR) is 144 cm³/mol. The summed E-state index contributed by atoms with van der Waals surface area (Å²) >= 11 is 0. The molecule has 3 N–H and O–H groups in total. The summed E-state index contributed by atoms with van der Waals surface area (Å²) in [5.74, 6) is 0.817. The minimum absolute atomic E-state index is 0.0431. The quantitative estimate of drug-likeness (QED) is 0.322. The molecule has 1 aliphatic rings.